The van der Waals surface area contributed by atoms with Crippen LogP contribution in [0.5, 0.6) is 0 Å². The second kappa shape index (κ2) is 14.4. The molecule has 0 spiro atoms. The lowest BCUT2D eigenvalue weighted by molar-refractivity contribution is -0.107. The molecular formula is C27H37NO5S. The van der Waals surface area contributed by atoms with Crippen molar-refractivity contribution in [1.82, 2.24) is 4.90 Å². The summed E-state index contributed by atoms with van der Waals surface area (Å²) in [5.41, 5.74) is 0.934. The first-order valence-corrected chi connectivity index (χ1v) is 12.9. The highest BCUT2D eigenvalue weighted by atomic mass is 32.2. The highest BCUT2D eigenvalue weighted by Crippen LogP contribution is 2.23. The molecule has 0 atom stereocenters. The van der Waals surface area contributed by atoms with Crippen LogP contribution in [0, 0.1) is 0 Å². The topological polar surface area (TPSA) is 65.1 Å². The number of carbonyl (C=O) groups is 2. The van der Waals surface area contributed by atoms with Gasteiger partial charge in [0.2, 0.25) is 12.1 Å². The third-order valence-electron chi connectivity index (χ3n) is 5.62. The van der Waals surface area contributed by atoms with Crippen molar-refractivity contribution in [2.75, 3.05) is 45.8 Å². The molecule has 6 nitrogen and oxygen atoms in total. The van der Waals surface area contributed by atoms with Gasteiger partial charge in [0, 0.05) is 42.3 Å². The van der Waals surface area contributed by atoms with Crippen LogP contribution >= 0.6 is 11.8 Å². The minimum absolute atomic E-state index is 0.126. The number of hydrogen-bond acceptors (Lipinski definition) is 7. The van der Waals surface area contributed by atoms with E-state index in [1.165, 1.54) is 4.90 Å². The van der Waals surface area contributed by atoms with Crippen molar-refractivity contribution in [3.8, 4) is 0 Å². The third kappa shape index (κ3) is 8.03. The summed E-state index contributed by atoms with van der Waals surface area (Å²) in [6, 6.07) is 16.9. The average Bonchev–Trinajstić information content (AvgIpc) is 2.89. The van der Waals surface area contributed by atoms with E-state index in [9.17, 15) is 9.59 Å². The quantitative estimate of drug-likeness (QED) is 0.266. The van der Waals surface area contributed by atoms with Crippen LogP contribution in [0.15, 0.2) is 59.5 Å². The zero-order chi connectivity index (χ0) is 25.0. The largest absolute Gasteiger partial charge is 0.379 e. The molecule has 2 aromatic carbocycles. The van der Waals surface area contributed by atoms with Gasteiger partial charge < -0.3 is 14.2 Å². The number of nitrogens with zero attached hydrogens (tertiary/aromatic N) is 1. The fourth-order valence-electron chi connectivity index (χ4n) is 3.60. The van der Waals surface area contributed by atoms with E-state index >= 15 is 0 Å². The molecule has 1 saturated heterocycles. The molecule has 0 aliphatic carbocycles. The fraction of sp³-hybridized carbons (Fsp3) is 0.481. The van der Waals surface area contributed by atoms with E-state index < -0.39 is 11.8 Å². The van der Waals surface area contributed by atoms with Gasteiger partial charge in [0.25, 0.3) is 0 Å². The van der Waals surface area contributed by atoms with Crippen LogP contribution in [0.4, 0.5) is 0 Å². The molecule has 0 bridgehead atoms. The molecule has 0 unspecified atom stereocenters. The predicted molar refractivity (Wildman–Crippen MR) is 137 cm³/mol. The van der Waals surface area contributed by atoms with E-state index in [4.69, 9.17) is 14.2 Å². The monoisotopic (exact) mass is 487 g/mol. The second-order valence-electron chi connectivity index (χ2n) is 8.19. The number of ketones is 2. The minimum atomic E-state index is -0.776. The van der Waals surface area contributed by atoms with E-state index in [2.05, 4.69) is 4.90 Å². The molecule has 0 aromatic heterocycles. The van der Waals surface area contributed by atoms with Gasteiger partial charge in [-0.25, -0.2) is 0 Å². The molecule has 7 heteroatoms. The molecule has 1 fully saturated rings. The molecule has 0 radical (unpaired) electrons. The fourth-order valence-corrected chi connectivity index (χ4v) is 4.01. The van der Waals surface area contributed by atoms with Crippen molar-refractivity contribution in [3.63, 3.8) is 0 Å². The Bertz CT molecular complexity index is 874. The summed E-state index contributed by atoms with van der Waals surface area (Å²) in [5, 5.41) is 0. The van der Waals surface area contributed by atoms with E-state index in [0.717, 1.165) is 18.7 Å². The molecule has 0 saturated carbocycles. The summed E-state index contributed by atoms with van der Waals surface area (Å²) in [7, 11) is 0. The van der Waals surface area contributed by atoms with Gasteiger partial charge in [0.05, 0.1) is 18.8 Å². The Morgan fingerprint density at radius 2 is 1.50 bits per heavy atom. The molecule has 1 heterocycles. The van der Waals surface area contributed by atoms with Crippen molar-refractivity contribution in [3.05, 3.63) is 65.7 Å². The van der Waals surface area contributed by atoms with Crippen LogP contribution in [-0.4, -0.2) is 74.1 Å². The maximum absolute atomic E-state index is 12.7. The zero-order valence-corrected chi connectivity index (χ0v) is 21.7. The number of Topliss-reactive ketones (excluding diaryl/α,β-unsaturated/α-hetero) is 2. The Hall–Kier alpha value is -2.03. The SMILES string of the molecule is CCOC(OCC)C(=O)c1ccccc1.CSc1ccc(C(=O)C(C)(C)N2CCOCC2)cc1. The standard InChI is InChI=1S/C15H21NO2S.C12H16O3/c1-15(2,16-8-10-18-11-9-16)14(17)12-4-6-13(19-3)7-5-12;1-3-14-12(15-4-2)11(13)10-8-6-5-7-9-10/h4-7H,8-11H2,1-3H3;5-9,12H,3-4H2,1-2H3. The van der Waals surface area contributed by atoms with Crippen molar-refractivity contribution in [1.29, 1.82) is 0 Å². The van der Waals surface area contributed by atoms with Gasteiger partial charge in [-0.1, -0.05) is 42.5 Å². The van der Waals surface area contributed by atoms with Crippen LogP contribution in [0.2, 0.25) is 0 Å². The van der Waals surface area contributed by atoms with Gasteiger partial charge in [0.1, 0.15) is 0 Å². The third-order valence-corrected chi connectivity index (χ3v) is 6.36. The molecule has 1 aliphatic heterocycles. The summed E-state index contributed by atoms with van der Waals surface area (Å²) in [5.74, 6) is 0.0568. The highest BCUT2D eigenvalue weighted by Gasteiger charge is 2.35. The number of thioether (sulfide) groups is 1. The first kappa shape index (κ1) is 28.2. The van der Waals surface area contributed by atoms with E-state index in [-0.39, 0.29) is 11.6 Å². The molecule has 1 aliphatic rings. The molecule has 2 aromatic rings. The summed E-state index contributed by atoms with van der Waals surface area (Å²) in [6.07, 6.45) is 1.26. The van der Waals surface area contributed by atoms with Crippen molar-refractivity contribution >= 4 is 23.3 Å². The Labute approximate surface area is 208 Å². The zero-order valence-electron chi connectivity index (χ0n) is 20.9. The van der Waals surface area contributed by atoms with Crippen molar-refractivity contribution < 1.29 is 23.8 Å². The van der Waals surface area contributed by atoms with E-state index in [1.54, 1.807) is 23.9 Å². The smallest absolute Gasteiger partial charge is 0.222 e. The Kier molecular flexibility index (Phi) is 11.9. The van der Waals surface area contributed by atoms with Gasteiger partial charge in [-0.15, -0.1) is 11.8 Å². The maximum atomic E-state index is 12.7. The van der Waals surface area contributed by atoms with Gasteiger partial charge in [0.15, 0.2) is 5.78 Å². The number of morpholine rings is 1. The highest BCUT2D eigenvalue weighted by molar-refractivity contribution is 7.98. The van der Waals surface area contributed by atoms with Crippen molar-refractivity contribution in [2.24, 2.45) is 0 Å². The van der Waals surface area contributed by atoms with E-state index in [1.807, 2.05) is 76.4 Å². The molecular weight excluding hydrogens is 450 g/mol. The lowest BCUT2D eigenvalue weighted by Gasteiger charge is -2.39. The summed E-state index contributed by atoms with van der Waals surface area (Å²) in [4.78, 5) is 27.9. The normalized spacial score (nSPS) is 14.4. The minimum Gasteiger partial charge on any atom is -0.379 e. The van der Waals surface area contributed by atoms with Crippen LogP contribution in [0.1, 0.15) is 48.4 Å². The van der Waals surface area contributed by atoms with Gasteiger partial charge in [-0.05, 0) is 46.1 Å². The lowest BCUT2D eigenvalue weighted by Crippen LogP contribution is -2.54. The number of rotatable bonds is 10. The lowest BCUT2D eigenvalue weighted by atomic mass is 9.91. The average molecular weight is 488 g/mol. The number of ether oxygens (including phenoxy) is 3. The van der Waals surface area contributed by atoms with Crippen LogP contribution in [-0.2, 0) is 14.2 Å². The van der Waals surface area contributed by atoms with Crippen LogP contribution < -0.4 is 0 Å². The Balaban J connectivity index is 0.000000248. The second-order valence-corrected chi connectivity index (χ2v) is 9.07. The van der Waals surface area contributed by atoms with Gasteiger partial charge in [-0.3, -0.25) is 14.5 Å². The first-order valence-electron chi connectivity index (χ1n) is 11.7. The predicted octanol–water partition coefficient (Wildman–Crippen LogP) is 4.97. The van der Waals surface area contributed by atoms with Gasteiger partial charge in [-0.2, -0.15) is 0 Å². The Morgan fingerprint density at radius 1 is 0.941 bits per heavy atom. The summed E-state index contributed by atoms with van der Waals surface area (Å²) < 4.78 is 15.8. The summed E-state index contributed by atoms with van der Waals surface area (Å²) >= 11 is 1.69. The van der Waals surface area contributed by atoms with Gasteiger partial charge >= 0.3 is 0 Å². The molecule has 0 amide bonds. The van der Waals surface area contributed by atoms with Crippen LogP contribution in [0.25, 0.3) is 0 Å². The maximum Gasteiger partial charge on any atom is 0.222 e. The summed E-state index contributed by atoms with van der Waals surface area (Å²) in [6.45, 7) is 11.7. The first-order chi connectivity index (χ1) is 16.3. The molecule has 186 valence electrons. The number of hydrogen-bond donors (Lipinski definition) is 0. The van der Waals surface area contributed by atoms with Crippen molar-refractivity contribution in [2.45, 2.75) is 44.4 Å². The van der Waals surface area contributed by atoms with E-state index in [0.29, 0.717) is 32.0 Å². The Morgan fingerprint density at radius 3 is 2.00 bits per heavy atom. The molecule has 3 rings (SSSR count). The molecule has 34 heavy (non-hydrogen) atoms. The number of benzene rings is 2. The van der Waals surface area contributed by atoms with Crippen LogP contribution in [0.3, 0.4) is 0 Å². The molecule has 0 N–H and O–H groups in total. The number of carbonyl (C=O) groups excluding carboxylic acids is 2.